The van der Waals surface area contributed by atoms with E-state index in [4.69, 9.17) is 4.52 Å². The molecule has 0 atom stereocenters. The van der Waals surface area contributed by atoms with Gasteiger partial charge in [-0.2, -0.15) is 0 Å². The van der Waals surface area contributed by atoms with Gasteiger partial charge in [-0.15, -0.1) is 11.3 Å². The molecule has 10 heteroatoms. The van der Waals surface area contributed by atoms with Crippen molar-refractivity contribution in [3.63, 3.8) is 0 Å². The van der Waals surface area contributed by atoms with Gasteiger partial charge in [0.1, 0.15) is 21.4 Å². The lowest BCUT2D eigenvalue weighted by Gasteiger charge is -2.04. The number of sulfonamides is 1. The largest absolute Gasteiger partial charge is 0.354 e. The van der Waals surface area contributed by atoms with E-state index in [1.54, 1.807) is 25.1 Å². The Morgan fingerprint density at radius 2 is 1.93 bits per heavy atom. The van der Waals surface area contributed by atoms with Crippen molar-refractivity contribution in [3.8, 4) is 0 Å². The van der Waals surface area contributed by atoms with Gasteiger partial charge >= 0.3 is 0 Å². The standard InChI is InChI=1S/C19H18FN3O4S2/c1-12-19(22-13(2)24)17(27-23-12)9-7-16-8-10-18(28-16)29(25,26)21-11-14-3-5-15(20)6-4-14/h3-10,21H,11H2,1-2H3,(H,22,24). The first-order chi connectivity index (χ1) is 13.7. The molecule has 1 amide bonds. The minimum atomic E-state index is -3.70. The predicted molar refractivity (Wildman–Crippen MR) is 109 cm³/mol. The summed E-state index contributed by atoms with van der Waals surface area (Å²) in [5.74, 6) is -0.262. The summed E-state index contributed by atoms with van der Waals surface area (Å²) in [7, 11) is -3.70. The number of benzene rings is 1. The molecule has 0 saturated carbocycles. The molecule has 0 aliphatic rings. The molecule has 0 saturated heterocycles. The lowest BCUT2D eigenvalue weighted by molar-refractivity contribution is -0.114. The van der Waals surface area contributed by atoms with Crippen LogP contribution in [0.1, 0.15) is 28.8 Å². The summed E-state index contributed by atoms with van der Waals surface area (Å²) < 4.78 is 45.7. The summed E-state index contributed by atoms with van der Waals surface area (Å²) in [5, 5.41) is 6.47. The van der Waals surface area contributed by atoms with Crippen molar-refractivity contribution in [2.75, 3.05) is 5.32 Å². The van der Waals surface area contributed by atoms with E-state index in [2.05, 4.69) is 15.2 Å². The van der Waals surface area contributed by atoms with Crippen molar-refractivity contribution >= 4 is 45.1 Å². The molecule has 29 heavy (non-hydrogen) atoms. The van der Waals surface area contributed by atoms with Gasteiger partial charge in [0.15, 0.2) is 5.76 Å². The molecule has 3 rings (SSSR count). The Kier molecular flexibility index (Phi) is 6.26. The zero-order chi connectivity index (χ0) is 21.0. The van der Waals surface area contributed by atoms with Gasteiger partial charge in [0.25, 0.3) is 0 Å². The Morgan fingerprint density at radius 3 is 2.62 bits per heavy atom. The lowest BCUT2D eigenvalue weighted by atomic mass is 10.2. The average Bonchev–Trinajstić information content (AvgIpc) is 3.28. The van der Waals surface area contributed by atoms with E-state index in [9.17, 15) is 17.6 Å². The topological polar surface area (TPSA) is 101 Å². The number of aryl methyl sites for hydroxylation is 1. The van der Waals surface area contributed by atoms with Crippen molar-refractivity contribution in [1.29, 1.82) is 0 Å². The number of carbonyl (C=O) groups is 1. The smallest absolute Gasteiger partial charge is 0.250 e. The number of aromatic nitrogens is 1. The van der Waals surface area contributed by atoms with Gasteiger partial charge in [-0.05, 0) is 48.9 Å². The highest BCUT2D eigenvalue weighted by Crippen LogP contribution is 2.26. The Labute approximate surface area is 171 Å². The van der Waals surface area contributed by atoms with E-state index in [0.29, 0.717) is 27.6 Å². The first-order valence-electron chi connectivity index (χ1n) is 8.50. The fourth-order valence-electron chi connectivity index (χ4n) is 2.41. The number of nitrogens with zero attached hydrogens (tertiary/aromatic N) is 1. The zero-order valence-electron chi connectivity index (χ0n) is 15.6. The molecule has 0 aliphatic heterocycles. The van der Waals surface area contributed by atoms with Crippen molar-refractivity contribution in [2.24, 2.45) is 0 Å². The van der Waals surface area contributed by atoms with E-state index < -0.39 is 10.0 Å². The Bertz CT molecular complexity index is 1150. The number of amides is 1. The first kappa shape index (κ1) is 20.9. The van der Waals surface area contributed by atoms with Crippen molar-refractivity contribution < 1.29 is 22.1 Å². The molecule has 0 aliphatic carbocycles. The molecule has 2 aromatic heterocycles. The second kappa shape index (κ2) is 8.68. The van der Waals surface area contributed by atoms with Crippen LogP contribution in [0.5, 0.6) is 0 Å². The van der Waals surface area contributed by atoms with Crippen LogP contribution >= 0.6 is 11.3 Å². The van der Waals surface area contributed by atoms with E-state index in [0.717, 1.165) is 11.3 Å². The molecular weight excluding hydrogens is 417 g/mol. The molecule has 1 aromatic carbocycles. The Morgan fingerprint density at radius 1 is 1.21 bits per heavy atom. The second-order valence-corrected chi connectivity index (χ2v) is 9.24. The van der Waals surface area contributed by atoms with Crippen LogP contribution in [0.25, 0.3) is 12.2 Å². The predicted octanol–water partition coefficient (Wildman–Crippen LogP) is 3.79. The molecular formula is C19H18FN3O4S2. The van der Waals surface area contributed by atoms with E-state index in [1.165, 1.54) is 37.3 Å². The third-order valence-electron chi connectivity index (χ3n) is 3.84. The summed E-state index contributed by atoms with van der Waals surface area (Å²) in [6, 6.07) is 8.75. The van der Waals surface area contributed by atoms with Crippen LogP contribution < -0.4 is 10.0 Å². The van der Waals surface area contributed by atoms with Gasteiger partial charge in [-0.25, -0.2) is 17.5 Å². The van der Waals surface area contributed by atoms with Crippen molar-refractivity contribution in [3.05, 3.63) is 64.1 Å². The first-order valence-corrected chi connectivity index (χ1v) is 10.8. The molecule has 152 valence electrons. The van der Waals surface area contributed by atoms with Gasteiger partial charge in [0.2, 0.25) is 15.9 Å². The highest BCUT2D eigenvalue weighted by Gasteiger charge is 2.16. The molecule has 0 spiro atoms. The lowest BCUT2D eigenvalue weighted by Crippen LogP contribution is -2.22. The quantitative estimate of drug-likeness (QED) is 0.588. The van der Waals surface area contributed by atoms with E-state index in [-0.39, 0.29) is 22.5 Å². The number of hydrogen-bond acceptors (Lipinski definition) is 6. The fourth-order valence-corrected chi connectivity index (χ4v) is 4.70. The van der Waals surface area contributed by atoms with Gasteiger partial charge in [0, 0.05) is 18.3 Å². The highest BCUT2D eigenvalue weighted by molar-refractivity contribution is 7.91. The van der Waals surface area contributed by atoms with E-state index in [1.807, 2.05) is 0 Å². The molecule has 7 nitrogen and oxygen atoms in total. The van der Waals surface area contributed by atoms with Crippen LogP contribution in [0.4, 0.5) is 10.1 Å². The number of hydrogen-bond donors (Lipinski definition) is 2. The summed E-state index contributed by atoms with van der Waals surface area (Å²) in [6.07, 6.45) is 3.29. The molecule has 0 radical (unpaired) electrons. The number of nitrogens with one attached hydrogen (secondary N) is 2. The monoisotopic (exact) mass is 435 g/mol. The second-order valence-electron chi connectivity index (χ2n) is 6.13. The van der Waals surface area contributed by atoms with Crippen LogP contribution in [0.2, 0.25) is 0 Å². The molecule has 0 fully saturated rings. The minimum Gasteiger partial charge on any atom is -0.354 e. The van der Waals surface area contributed by atoms with Crippen LogP contribution in [0, 0.1) is 12.7 Å². The maximum atomic E-state index is 12.9. The molecule has 0 bridgehead atoms. The van der Waals surface area contributed by atoms with E-state index >= 15 is 0 Å². The number of carbonyl (C=O) groups excluding carboxylic acids is 1. The van der Waals surface area contributed by atoms with Gasteiger partial charge in [-0.1, -0.05) is 17.3 Å². The average molecular weight is 436 g/mol. The van der Waals surface area contributed by atoms with Crippen LogP contribution in [0.3, 0.4) is 0 Å². The van der Waals surface area contributed by atoms with Gasteiger partial charge < -0.3 is 9.84 Å². The SMILES string of the molecule is CC(=O)Nc1c(C)noc1C=Cc1ccc(S(=O)(=O)NCc2ccc(F)cc2)s1. The van der Waals surface area contributed by atoms with Crippen LogP contribution in [-0.4, -0.2) is 19.5 Å². The Balaban J connectivity index is 1.70. The van der Waals surface area contributed by atoms with Crippen molar-refractivity contribution in [2.45, 2.75) is 24.6 Å². The molecule has 2 heterocycles. The number of halogens is 1. The molecule has 3 aromatic rings. The highest BCUT2D eigenvalue weighted by atomic mass is 32.2. The maximum absolute atomic E-state index is 12.9. The molecule has 2 N–H and O–H groups in total. The third-order valence-corrected chi connectivity index (χ3v) is 6.78. The van der Waals surface area contributed by atoms with Crippen LogP contribution in [0.15, 0.2) is 45.1 Å². The summed E-state index contributed by atoms with van der Waals surface area (Å²) in [6.45, 7) is 3.15. The summed E-state index contributed by atoms with van der Waals surface area (Å²) in [5.41, 5.74) is 1.66. The Hall–Kier alpha value is -2.82. The fraction of sp³-hybridized carbons (Fsp3) is 0.158. The normalized spacial score (nSPS) is 11.8. The number of anilines is 1. The van der Waals surface area contributed by atoms with Gasteiger partial charge in [-0.3, -0.25) is 4.79 Å². The summed E-state index contributed by atoms with van der Waals surface area (Å²) >= 11 is 1.08. The number of rotatable bonds is 7. The number of thiophene rings is 1. The summed E-state index contributed by atoms with van der Waals surface area (Å²) in [4.78, 5) is 12.0. The molecule has 0 unspecified atom stereocenters. The van der Waals surface area contributed by atoms with Crippen LogP contribution in [-0.2, 0) is 21.4 Å². The maximum Gasteiger partial charge on any atom is 0.250 e. The minimum absolute atomic E-state index is 0.0586. The zero-order valence-corrected chi connectivity index (χ0v) is 17.2. The van der Waals surface area contributed by atoms with Crippen molar-refractivity contribution in [1.82, 2.24) is 9.88 Å². The van der Waals surface area contributed by atoms with Gasteiger partial charge in [0.05, 0.1) is 0 Å². The third kappa shape index (κ3) is 5.37.